The molecule has 0 saturated carbocycles. The highest BCUT2D eigenvalue weighted by Gasteiger charge is 2.34. The molecule has 0 aliphatic carbocycles. The maximum absolute atomic E-state index is 12.1. The predicted molar refractivity (Wildman–Crippen MR) is 71.2 cm³/mol. The summed E-state index contributed by atoms with van der Waals surface area (Å²) in [7, 11) is 0. The van der Waals surface area contributed by atoms with Gasteiger partial charge in [0, 0.05) is 17.6 Å². The summed E-state index contributed by atoms with van der Waals surface area (Å²) in [5.41, 5.74) is 0. The zero-order valence-electron chi connectivity index (χ0n) is 10.9. The summed E-state index contributed by atoms with van der Waals surface area (Å²) in [5.74, 6) is -0.939. The number of carbonyl (C=O) groups is 2. The Morgan fingerprint density at radius 2 is 2.37 bits per heavy atom. The molecule has 1 aromatic rings. The topological polar surface area (TPSA) is 82.5 Å². The van der Waals surface area contributed by atoms with Crippen LogP contribution in [-0.4, -0.2) is 39.6 Å². The minimum Gasteiger partial charge on any atom is -0.480 e. The van der Waals surface area contributed by atoms with Crippen LogP contribution in [0.25, 0.3) is 0 Å². The zero-order valence-corrected chi connectivity index (χ0v) is 11.7. The summed E-state index contributed by atoms with van der Waals surface area (Å²) in [6.07, 6.45) is 3.02. The molecule has 0 aromatic carbocycles. The number of nitrogens with zero attached hydrogens (tertiary/aromatic N) is 2. The van der Waals surface area contributed by atoms with Gasteiger partial charge in [-0.3, -0.25) is 0 Å². The molecule has 1 aliphatic rings. The molecule has 1 aromatic heterocycles. The molecule has 6 nitrogen and oxygen atoms in total. The molecular formula is C12H17N3O3S. The van der Waals surface area contributed by atoms with Gasteiger partial charge in [-0.15, -0.1) is 11.3 Å². The Labute approximate surface area is 115 Å². The molecule has 19 heavy (non-hydrogen) atoms. The van der Waals surface area contributed by atoms with Crippen LogP contribution in [0, 0.1) is 6.92 Å². The summed E-state index contributed by atoms with van der Waals surface area (Å²) >= 11 is 1.53. The minimum atomic E-state index is -0.939. The molecule has 2 amide bonds. The average Bonchev–Trinajstić information content (AvgIpc) is 2.96. The van der Waals surface area contributed by atoms with Crippen molar-refractivity contribution in [1.29, 1.82) is 0 Å². The van der Waals surface area contributed by atoms with Gasteiger partial charge >= 0.3 is 12.0 Å². The molecule has 0 bridgehead atoms. The lowest BCUT2D eigenvalue weighted by Crippen LogP contribution is -2.46. The van der Waals surface area contributed by atoms with Gasteiger partial charge in [0.05, 0.1) is 6.04 Å². The second kappa shape index (κ2) is 5.56. The van der Waals surface area contributed by atoms with E-state index in [4.69, 9.17) is 5.11 Å². The van der Waals surface area contributed by atoms with Crippen LogP contribution in [-0.2, 0) is 4.79 Å². The van der Waals surface area contributed by atoms with E-state index < -0.39 is 12.0 Å². The van der Waals surface area contributed by atoms with Crippen molar-refractivity contribution in [2.45, 2.75) is 38.8 Å². The van der Waals surface area contributed by atoms with Gasteiger partial charge < -0.3 is 15.3 Å². The summed E-state index contributed by atoms with van der Waals surface area (Å²) in [6.45, 7) is 4.30. The van der Waals surface area contributed by atoms with Crippen LogP contribution in [0.1, 0.15) is 35.7 Å². The smallest absolute Gasteiger partial charge is 0.326 e. The Morgan fingerprint density at radius 1 is 1.63 bits per heavy atom. The molecule has 2 heterocycles. The number of nitrogens with one attached hydrogen (secondary N) is 1. The van der Waals surface area contributed by atoms with Crippen LogP contribution >= 0.6 is 11.3 Å². The van der Waals surface area contributed by atoms with E-state index in [0.717, 1.165) is 16.3 Å². The van der Waals surface area contributed by atoms with Crippen molar-refractivity contribution in [2.75, 3.05) is 6.54 Å². The van der Waals surface area contributed by atoms with Crippen LogP contribution in [0.3, 0.4) is 0 Å². The molecule has 1 saturated heterocycles. The number of urea groups is 1. The Morgan fingerprint density at radius 3 is 2.95 bits per heavy atom. The third kappa shape index (κ3) is 3.04. The number of carboxylic acid groups (broad SMARTS) is 1. The second-order valence-corrected chi connectivity index (χ2v) is 5.94. The highest BCUT2D eigenvalue weighted by molar-refractivity contribution is 7.11. The molecule has 0 radical (unpaired) electrons. The Bertz CT molecular complexity index is 488. The Hall–Kier alpha value is -1.63. The fourth-order valence-corrected chi connectivity index (χ4v) is 2.95. The molecule has 2 unspecified atom stereocenters. The SMILES string of the molecule is Cc1cnc(C(C)NC(=O)N2CCCC2C(=O)O)s1. The lowest BCUT2D eigenvalue weighted by atomic mass is 10.2. The van der Waals surface area contributed by atoms with Crippen molar-refractivity contribution >= 4 is 23.3 Å². The Balaban J connectivity index is 1.99. The summed E-state index contributed by atoms with van der Waals surface area (Å²) in [4.78, 5) is 29.8. The summed E-state index contributed by atoms with van der Waals surface area (Å²) in [5, 5.41) is 12.7. The number of amides is 2. The van der Waals surface area contributed by atoms with Gasteiger partial charge in [-0.25, -0.2) is 14.6 Å². The molecule has 1 aliphatic heterocycles. The van der Waals surface area contributed by atoms with Crippen LogP contribution in [0.5, 0.6) is 0 Å². The summed E-state index contributed by atoms with van der Waals surface area (Å²) < 4.78 is 0. The number of carbonyl (C=O) groups excluding carboxylic acids is 1. The van der Waals surface area contributed by atoms with E-state index >= 15 is 0 Å². The quantitative estimate of drug-likeness (QED) is 0.885. The van der Waals surface area contributed by atoms with Gasteiger partial charge in [0.2, 0.25) is 0 Å². The van der Waals surface area contributed by atoms with Crippen molar-refractivity contribution in [2.24, 2.45) is 0 Å². The predicted octanol–water partition coefficient (Wildman–Crippen LogP) is 1.77. The fraction of sp³-hybridized carbons (Fsp3) is 0.583. The van der Waals surface area contributed by atoms with Crippen molar-refractivity contribution < 1.29 is 14.7 Å². The number of aliphatic carboxylic acids is 1. The highest BCUT2D eigenvalue weighted by Crippen LogP contribution is 2.21. The second-order valence-electron chi connectivity index (χ2n) is 4.67. The van der Waals surface area contributed by atoms with Gasteiger partial charge in [-0.1, -0.05) is 0 Å². The maximum atomic E-state index is 12.1. The van der Waals surface area contributed by atoms with E-state index in [9.17, 15) is 9.59 Å². The van der Waals surface area contributed by atoms with E-state index in [0.29, 0.717) is 13.0 Å². The van der Waals surface area contributed by atoms with E-state index in [1.807, 2.05) is 13.8 Å². The monoisotopic (exact) mass is 283 g/mol. The first kappa shape index (κ1) is 13.8. The largest absolute Gasteiger partial charge is 0.480 e. The number of carboxylic acids is 1. The number of hydrogen-bond donors (Lipinski definition) is 2. The normalized spacial score (nSPS) is 20.3. The molecule has 2 rings (SSSR count). The number of hydrogen-bond acceptors (Lipinski definition) is 4. The lowest BCUT2D eigenvalue weighted by molar-refractivity contribution is -0.141. The number of aryl methyl sites for hydroxylation is 1. The van der Waals surface area contributed by atoms with Gasteiger partial charge in [0.15, 0.2) is 0 Å². The van der Waals surface area contributed by atoms with Gasteiger partial charge in [-0.2, -0.15) is 0 Å². The Kier molecular flexibility index (Phi) is 4.04. The third-order valence-electron chi connectivity index (χ3n) is 3.15. The number of rotatable bonds is 3. The molecule has 0 spiro atoms. The highest BCUT2D eigenvalue weighted by atomic mass is 32.1. The first-order valence-electron chi connectivity index (χ1n) is 6.21. The molecule has 2 atom stereocenters. The number of aromatic nitrogens is 1. The lowest BCUT2D eigenvalue weighted by Gasteiger charge is -2.23. The first-order valence-corrected chi connectivity index (χ1v) is 7.03. The average molecular weight is 283 g/mol. The third-order valence-corrected chi connectivity index (χ3v) is 4.24. The van der Waals surface area contributed by atoms with E-state index in [2.05, 4.69) is 10.3 Å². The van der Waals surface area contributed by atoms with E-state index in [1.54, 1.807) is 6.20 Å². The summed E-state index contributed by atoms with van der Waals surface area (Å²) in [6, 6.07) is -1.24. The molecular weight excluding hydrogens is 266 g/mol. The zero-order chi connectivity index (χ0) is 14.0. The molecule has 1 fully saturated rings. The van der Waals surface area contributed by atoms with Crippen LogP contribution in [0.2, 0.25) is 0 Å². The molecule has 2 N–H and O–H groups in total. The standard InChI is InChI=1S/C12H17N3O3S/c1-7-6-13-10(19-7)8(2)14-12(18)15-5-3-4-9(15)11(16)17/h6,8-9H,3-5H2,1-2H3,(H,14,18)(H,16,17). The van der Waals surface area contributed by atoms with E-state index in [1.165, 1.54) is 16.2 Å². The maximum Gasteiger partial charge on any atom is 0.326 e. The fourth-order valence-electron chi connectivity index (χ4n) is 2.17. The van der Waals surface area contributed by atoms with Crippen molar-refractivity contribution in [3.8, 4) is 0 Å². The van der Waals surface area contributed by atoms with Gasteiger partial charge in [-0.05, 0) is 26.7 Å². The van der Waals surface area contributed by atoms with Crippen molar-refractivity contribution in [3.05, 3.63) is 16.1 Å². The van der Waals surface area contributed by atoms with Crippen molar-refractivity contribution in [3.63, 3.8) is 0 Å². The van der Waals surface area contributed by atoms with Crippen molar-refractivity contribution in [1.82, 2.24) is 15.2 Å². The van der Waals surface area contributed by atoms with Gasteiger partial charge in [0.1, 0.15) is 11.0 Å². The number of thiazole rings is 1. The minimum absolute atomic E-state index is 0.207. The first-order chi connectivity index (χ1) is 8.99. The number of likely N-dealkylation sites (tertiary alicyclic amines) is 1. The van der Waals surface area contributed by atoms with E-state index in [-0.39, 0.29) is 12.1 Å². The van der Waals surface area contributed by atoms with Crippen LogP contribution < -0.4 is 5.32 Å². The van der Waals surface area contributed by atoms with Gasteiger partial charge in [0.25, 0.3) is 0 Å². The van der Waals surface area contributed by atoms with Crippen LogP contribution in [0.15, 0.2) is 6.20 Å². The van der Waals surface area contributed by atoms with Crippen LogP contribution in [0.4, 0.5) is 4.79 Å². The molecule has 7 heteroatoms. The molecule has 104 valence electrons.